The summed E-state index contributed by atoms with van der Waals surface area (Å²) in [7, 11) is 0. The van der Waals surface area contributed by atoms with E-state index in [2.05, 4.69) is 24.2 Å². The van der Waals surface area contributed by atoms with Gasteiger partial charge < -0.3 is 5.32 Å². The van der Waals surface area contributed by atoms with Crippen molar-refractivity contribution in [3.63, 3.8) is 0 Å². The molecule has 1 aliphatic heterocycles. The fourth-order valence-corrected chi connectivity index (χ4v) is 2.95. The fraction of sp³-hybridized carbons (Fsp3) is 0.929. The largest absolute Gasteiger partial charge is 0.371 e. The molecule has 0 aromatic rings. The van der Waals surface area contributed by atoms with Crippen molar-refractivity contribution in [3.8, 4) is 0 Å². The maximum absolute atomic E-state index is 4.69. The fourth-order valence-electron chi connectivity index (χ4n) is 2.95. The molecule has 1 atom stereocenters. The highest BCUT2D eigenvalue weighted by molar-refractivity contribution is 5.82. The lowest BCUT2D eigenvalue weighted by molar-refractivity contribution is 0.185. The minimum Gasteiger partial charge on any atom is -0.371 e. The highest BCUT2D eigenvalue weighted by Gasteiger charge is 2.32. The highest BCUT2D eigenvalue weighted by Crippen LogP contribution is 2.35. The van der Waals surface area contributed by atoms with E-state index in [1.807, 2.05) is 0 Å². The van der Waals surface area contributed by atoms with Crippen molar-refractivity contribution in [3.05, 3.63) is 0 Å². The van der Waals surface area contributed by atoms with Crippen LogP contribution in [0.15, 0.2) is 4.99 Å². The average molecular weight is 222 g/mol. The van der Waals surface area contributed by atoms with E-state index in [0.717, 1.165) is 6.54 Å². The predicted octanol–water partition coefficient (Wildman–Crippen LogP) is 3.52. The Bertz CT molecular complexity index is 255. The Morgan fingerprint density at radius 1 is 1.12 bits per heavy atom. The van der Waals surface area contributed by atoms with Crippen molar-refractivity contribution >= 4 is 5.84 Å². The van der Waals surface area contributed by atoms with Gasteiger partial charge in [0.1, 0.15) is 0 Å². The molecule has 0 radical (unpaired) electrons. The second-order valence-electron chi connectivity index (χ2n) is 6.07. The standard InChI is InChI=1S/C14H26N2/c1-14(2)10-6-5-8-12(14)16-13-9-4-3-7-11-15-13/h12H,3-11H2,1-2H3,(H,15,16). The average Bonchev–Trinajstić information content (AvgIpc) is 2.49. The molecule has 1 fully saturated rings. The molecule has 1 aliphatic carbocycles. The monoisotopic (exact) mass is 222 g/mol. The lowest BCUT2D eigenvalue weighted by atomic mass is 9.73. The van der Waals surface area contributed by atoms with Crippen LogP contribution >= 0.6 is 0 Å². The van der Waals surface area contributed by atoms with Gasteiger partial charge >= 0.3 is 0 Å². The molecule has 16 heavy (non-hydrogen) atoms. The quantitative estimate of drug-likeness (QED) is 0.721. The van der Waals surface area contributed by atoms with E-state index in [1.165, 1.54) is 57.2 Å². The van der Waals surface area contributed by atoms with Gasteiger partial charge in [0.15, 0.2) is 0 Å². The van der Waals surface area contributed by atoms with Crippen LogP contribution in [0.25, 0.3) is 0 Å². The zero-order valence-corrected chi connectivity index (χ0v) is 10.9. The Balaban J connectivity index is 1.94. The number of hydrogen-bond donors (Lipinski definition) is 1. The van der Waals surface area contributed by atoms with E-state index in [1.54, 1.807) is 0 Å². The van der Waals surface area contributed by atoms with Crippen molar-refractivity contribution in [2.45, 2.75) is 71.3 Å². The summed E-state index contributed by atoms with van der Waals surface area (Å²) in [6.45, 7) is 5.84. The molecular weight excluding hydrogens is 196 g/mol. The zero-order valence-electron chi connectivity index (χ0n) is 10.9. The number of nitrogens with one attached hydrogen (secondary N) is 1. The van der Waals surface area contributed by atoms with Crippen LogP contribution in [0.1, 0.15) is 65.2 Å². The topological polar surface area (TPSA) is 24.4 Å². The van der Waals surface area contributed by atoms with Gasteiger partial charge in [0, 0.05) is 19.0 Å². The molecule has 92 valence electrons. The molecule has 0 aromatic heterocycles. The van der Waals surface area contributed by atoms with E-state index >= 15 is 0 Å². The predicted molar refractivity (Wildman–Crippen MR) is 69.9 cm³/mol. The molecular formula is C14H26N2. The summed E-state index contributed by atoms with van der Waals surface area (Å²) in [4.78, 5) is 4.69. The number of aliphatic imine (C=N–C) groups is 1. The van der Waals surface area contributed by atoms with Crippen molar-refractivity contribution < 1.29 is 0 Å². The molecule has 2 aliphatic rings. The van der Waals surface area contributed by atoms with Gasteiger partial charge in [-0.25, -0.2) is 0 Å². The maximum Gasteiger partial charge on any atom is 0.0965 e. The van der Waals surface area contributed by atoms with E-state index in [4.69, 9.17) is 0 Å². The SMILES string of the molecule is CC1(C)CCCCC1NC1=NCCCCC1. The third kappa shape index (κ3) is 2.99. The van der Waals surface area contributed by atoms with Crippen molar-refractivity contribution in [2.24, 2.45) is 10.4 Å². The first-order chi connectivity index (χ1) is 7.68. The first kappa shape index (κ1) is 11.9. The van der Waals surface area contributed by atoms with Gasteiger partial charge in [0.25, 0.3) is 0 Å². The van der Waals surface area contributed by atoms with Crippen LogP contribution < -0.4 is 5.32 Å². The summed E-state index contributed by atoms with van der Waals surface area (Å²) in [6, 6.07) is 0.651. The number of amidine groups is 1. The maximum atomic E-state index is 4.69. The van der Waals surface area contributed by atoms with Gasteiger partial charge in [-0.15, -0.1) is 0 Å². The Kier molecular flexibility index (Phi) is 3.88. The van der Waals surface area contributed by atoms with Crippen LogP contribution in [0.4, 0.5) is 0 Å². The second-order valence-corrected chi connectivity index (χ2v) is 6.07. The van der Waals surface area contributed by atoms with E-state index in [-0.39, 0.29) is 0 Å². The second kappa shape index (κ2) is 5.20. The van der Waals surface area contributed by atoms with Crippen molar-refractivity contribution in [1.29, 1.82) is 0 Å². The smallest absolute Gasteiger partial charge is 0.0965 e. The van der Waals surface area contributed by atoms with Crippen molar-refractivity contribution in [2.75, 3.05) is 6.54 Å². The lowest BCUT2D eigenvalue weighted by Crippen LogP contribution is -2.46. The van der Waals surface area contributed by atoms with Crippen molar-refractivity contribution in [1.82, 2.24) is 5.32 Å². The molecule has 0 bridgehead atoms. The summed E-state index contributed by atoms with van der Waals surface area (Å²) in [5.74, 6) is 1.29. The minimum atomic E-state index is 0.451. The van der Waals surface area contributed by atoms with Crippen LogP contribution in [0.2, 0.25) is 0 Å². The van der Waals surface area contributed by atoms with E-state index in [9.17, 15) is 0 Å². The van der Waals surface area contributed by atoms with Gasteiger partial charge in [-0.2, -0.15) is 0 Å². The van der Waals surface area contributed by atoms with Gasteiger partial charge in [0.05, 0.1) is 5.84 Å². The molecule has 0 aromatic carbocycles. The molecule has 0 spiro atoms. The molecule has 0 saturated heterocycles. The van der Waals surface area contributed by atoms with Crippen LogP contribution in [0, 0.1) is 5.41 Å². The molecule has 2 nitrogen and oxygen atoms in total. The third-order valence-corrected chi connectivity index (χ3v) is 4.22. The highest BCUT2D eigenvalue weighted by atomic mass is 15.0. The minimum absolute atomic E-state index is 0.451. The van der Waals surface area contributed by atoms with Crippen LogP contribution in [0.5, 0.6) is 0 Å². The first-order valence-electron chi connectivity index (χ1n) is 6.98. The molecule has 2 rings (SSSR count). The Hall–Kier alpha value is -0.530. The van der Waals surface area contributed by atoms with Gasteiger partial charge in [-0.1, -0.05) is 33.1 Å². The molecule has 1 heterocycles. The number of rotatable bonds is 1. The third-order valence-electron chi connectivity index (χ3n) is 4.22. The number of nitrogens with zero attached hydrogens (tertiary/aromatic N) is 1. The van der Waals surface area contributed by atoms with Crippen LogP contribution in [0.3, 0.4) is 0 Å². The summed E-state index contributed by atoms with van der Waals surface area (Å²) in [5.41, 5.74) is 0.451. The molecule has 2 heteroatoms. The number of hydrogen-bond acceptors (Lipinski definition) is 2. The molecule has 1 unspecified atom stereocenters. The van der Waals surface area contributed by atoms with E-state index in [0.29, 0.717) is 11.5 Å². The van der Waals surface area contributed by atoms with Crippen LogP contribution in [-0.2, 0) is 0 Å². The molecule has 1 saturated carbocycles. The summed E-state index contributed by atoms with van der Waals surface area (Å²) in [5, 5.41) is 3.74. The molecule has 0 amide bonds. The van der Waals surface area contributed by atoms with Gasteiger partial charge in [0.2, 0.25) is 0 Å². The Labute approximate surface area is 99.9 Å². The molecule has 1 N–H and O–H groups in total. The summed E-state index contributed by atoms with van der Waals surface area (Å²) < 4.78 is 0. The Morgan fingerprint density at radius 3 is 2.81 bits per heavy atom. The van der Waals surface area contributed by atoms with Gasteiger partial charge in [-0.05, 0) is 31.1 Å². The lowest BCUT2D eigenvalue weighted by Gasteiger charge is -2.39. The van der Waals surface area contributed by atoms with Crippen LogP contribution in [-0.4, -0.2) is 18.4 Å². The van der Waals surface area contributed by atoms with Gasteiger partial charge in [-0.3, -0.25) is 4.99 Å². The summed E-state index contributed by atoms with van der Waals surface area (Å²) in [6.07, 6.45) is 10.6. The normalized spacial score (nSPS) is 30.4. The first-order valence-corrected chi connectivity index (χ1v) is 6.98. The van der Waals surface area contributed by atoms with E-state index < -0.39 is 0 Å². The Morgan fingerprint density at radius 2 is 2.00 bits per heavy atom. The summed E-state index contributed by atoms with van der Waals surface area (Å²) >= 11 is 0. The zero-order chi connectivity index (χ0) is 11.4.